The molecule has 4 aliphatic carbocycles. The minimum absolute atomic E-state index is 0.0761. The quantitative estimate of drug-likeness (QED) is 0.311. The third kappa shape index (κ3) is 3.48. The molecule has 4 aliphatic rings. The second-order valence-electron chi connectivity index (χ2n) is 8.67. The normalized spacial score (nSPS) is 38.3. The molecule has 4 bridgehead atoms. The number of ether oxygens (including phenoxy) is 2. The average molecular weight is 366 g/mol. The minimum atomic E-state index is -0.771. The number of aliphatic hydroxyl groups is 2. The number of allylic oxidation sites excluding steroid dienone is 1. The van der Waals surface area contributed by atoms with E-state index in [2.05, 4.69) is 6.92 Å². The van der Waals surface area contributed by atoms with E-state index < -0.39 is 22.7 Å². The zero-order valence-electron chi connectivity index (χ0n) is 15.8. The molecule has 0 aliphatic heterocycles. The fourth-order valence-corrected chi connectivity index (χ4v) is 5.94. The fraction of sp³-hybridized carbons (Fsp3) is 0.800. The lowest BCUT2D eigenvalue weighted by atomic mass is 9.42. The maximum absolute atomic E-state index is 12.9. The van der Waals surface area contributed by atoms with Gasteiger partial charge in [0.25, 0.3) is 0 Å². The van der Waals surface area contributed by atoms with Crippen molar-refractivity contribution in [2.45, 2.75) is 70.8 Å². The Balaban J connectivity index is 1.53. The lowest BCUT2D eigenvalue weighted by molar-refractivity contribution is -0.217. The van der Waals surface area contributed by atoms with Crippen LogP contribution in [0.25, 0.3) is 0 Å². The van der Waals surface area contributed by atoms with E-state index in [0.29, 0.717) is 18.8 Å². The van der Waals surface area contributed by atoms with Crippen molar-refractivity contribution in [1.82, 2.24) is 0 Å². The molecular weight excluding hydrogens is 336 g/mol. The lowest BCUT2D eigenvalue weighted by Crippen LogP contribution is -2.62. The zero-order valence-corrected chi connectivity index (χ0v) is 15.8. The van der Waals surface area contributed by atoms with Gasteiger partial charge in [0.05, 0.1) is 24.2 Å². The minimum Gasteiger partial charge on any atom is -0.502 e. The molecule has 0 aromatic heterocycles. The first-order valence-electron chi connectivity index (χ1n) is 9.67. The number of carbonyl (C=O) groups excluding carboxylic acids is 2. The van der Waals surface area contributed by atoms with Crippen LogP contribution in [0.15, 0.2) is 11.8 Å². The summed E-state index contributed by atoms with van der Waals surface area (Å²) in [6, 6.07) is 0. The number of esters is 2. The van der Waals surface area contributed by atoms with E-state index in [9.17, 15) is 19.8 Å². The van der Waals surface area contributed by atoms with Crippen LogP contribution < -0.4 is 0 Å². The van der Waals surface area contributed by atoms with Crippen molar-refractivity contribution < 1.29 is 29.3 Å². The van der Waals surface area contributed by atoms with E-state index in [1.165, 1.54) is 6.08 Å². The van der Waals surface area contributed by atoms with Crippen molar-refractivity contribution in [3.05, 3.63) is 11.8 Å². The Hall–Kier alpha value is -1.56. The molecule has 4 unspecified atom stereocenters. The van der Waals surface area contributed by atoms with Crippen LogP contribution >= 0.6 is 0 Å². The predicted molar refractivity (Wildman–Crippen MR) is 94.2 cm³/mol. The van der Waals surface area contributed by atoms with Gasteiger partial charge in [-0.25, -0.2) is 4.79 Å². The van der Waals surface area contributed by atoms with Gasteiger partial charge >= 0.3 is 11.9 Å². The van der Waals surface area contributed by atoms with Gasteiger partial charge in [-0.1, -0.05) is 13.3 Å². The second kappa shape index (κ2) is 6.87. The smallest absolute Gasteiger partial charge is 0.373 e. The summed E-state index contributed by atoms with van der Waals surface area (Å²) in [5, 5.41) is 20.2. The third-order valence-corrected chi connectivity index (χ3v) is 6.58. The van der Waals surface area contributed by atoms with Crippen molar-refractivity contribution in [1.29, 1.82) is 0 Å². The molecule has 6 heteroatoms. The molecule has 4 rings (SSSR count). The van der Waals surface area contributed by atoms with E-state index in [4.69, 9.17) is 9.47 Å². The number of hydrogen-bond acceptors (Lipinski definition) is 6. The van der Waals surface area contributed by atoms with Gasteiger partial charge in [0.2, 0.25) is 0 Å². The van der Waals surface area contributed by atoms with Crippen molar-refractivity contribution in [3.8, 4) is 0 Å². The molecule has 6 nitrogen and oxygen atoms in total. The van der Waals surface area contributed by atoms with Gasteiger partial charge in [-0.15, -0.1) is 0 Å². The zero-order chi connectivity index (χ0) is 19.0. The largest absolute Gasteiger partial charge is 0.502 e. The maximum atomic E-state index is 12.9. The molecule has 4 fully saturated rings. The monoisotopic (exact) mass is 366 g/mol. The highest BCUT2D eigenvalue weighted by Gasteiger charge is 2.65. The molecule has 0 amide bonds. The summed E-state index contributed by atoms with van der Waals surface area (Å²) < 4.78 is 10.4. The van der Waals surface area contributed by atoms with Crippen LogP contribution in [0.2, 0.25) is 0 Å². The molecule has 4 saturated carbocycles. The summed E-state index contributed by atoms with van der Waals surface area (Å²) in [5.41, 5.74) is -1.19. The van der Waals surface area contributed by atoms with Crippen LogP contribution in [0.5, 0.6) is 0 Å². The summed E-state index contributed by atoms with van der Waals surface area (Å²) >= 11 is 0. The van der Waals surface area contributed by atoms with E-state index in [0.717, 1.165) is 38.5 Å². The van der Waals surface area contributed by atoms with Gasteiger partial charge in [-0.05, 0) is 62.9 Å². The first kappa shape index (κ1) is 19.2. The average Bonchev–Trinajstić information content (AvgIpc) is 2.58. The van der Waals surface area contributed by atoms with Crippen LogP contribution in [0.3, 0.4) is 0 Å². The molecule has 0 aromatic rings. The molecule has 0 heterocycles. The highest BCUT2D eigenvalue weighted by molar-refractivity contribution is 5.85. The maximum Gasteiger partial charge on any atom is 0.373 e. The van der Waals surface area contributed by atoms with Crippen molar-refractivity contribution in [2.75, 3.05) is 13.2 Å². The standard InChI is InChI=1S/C20H30O6/c1-3-15(21)16(22)25-6-5-7-26-17(23)19-9-14-8-18(4-2,11-19)12-20(24,10-14)13-19/h3,14,21,24H,4-13H2,1-2H3. The summed E-state index contributed by atoms with van der Waals surface area (Å²) in [7, 11) is 0. The SMILES string of the molecule is CC=C(O)C(=O)OCCCOC(=O)C12CC3CC(O)(CC(CC)(C3)C1)C2. The Morgan fingerprint density at radius 3 is 2.50 bits per heavy atom. The van der Waals surface area contributed by atoms with Gasteiger partial charge in [0, 0.05) is 6.42 Å². The fourth-order valence-electron chi connectivity index (χ4n) is 5.94. The van der Waals surface area contributed by atoms with E-state index in [1.54, 1.807) is 6.92 Å². The first-order valence-corrected chi connectivity index (χ1v) is 9.67. The van der Waals surface area contributed by atoms with Gasteiger partial charge in [0.15, 0.2) is 5.76 Å². The Morgan fingerprint density at radius 1 is 1.12 bits per heavy atom. The van der Waals surface area contributed by atoms with Crippen molar-refractivity contribution in [2.24, 2.45) is 16.7 Å². The number of hydrogen-bond donors (Lipinski definition) is 2. The molecular formula is C20H30O6. The Bertz CT molecular complexity index is 613. The van der Waals surface area contributed by atoms with Gasteiger partial charge in [-0.3, -0.25) is 4.79 Å². The topological polar surface area (TPSA) is 93.1 Å². The van der Waals surface area contributed by atoms with E-state index >= 15 is 0 Å². The van der Waals surface area contributed by atoms with Crippen molar-refractivity contribution >= 4 is 11.9 Å². The van der Waals surface area contributed by atoms with Crippen LogP contribution in [0.1, 0.15) is 65.2 Å². The molecule has 0 spiro atoms. The summed E-state index contributed by atoms with van der Waals surface area (Å²) in [6.07, 6.45) is 7.54. The molecule has 2 N–H and O–H groups in total. The Morgan fingerprint density at radius 2 is 1.85 bits per heavy atom. The molecule has 146 valence electrons. The first-order chi connectivity index (χ1) is 12.3. The van der Waals surface area contributed by atoms with Crippen LogP contribution in [0, 0.1) is 16.7 Å². The van der Waals surface area contributed by atoms with Crippen LogP contribution in [-0.4, -0.2) is 41.0 Å². The summed E-state index contributed by atoms with van der Waals surface area (Å²) in [4.78, 5) is 24.2. The number of aliphatic hydroxyl groups excluding tert-OH is 1. The van der Waals surface area contributed by atoms with Gasteiger partial charge in [0.1, 0.15) is 0 Å². The summed E-state index contributed by atoms with van der Waals surface area (Å²) in [5.74, 6) is -0.991. The third-order valence-electron chi connectivity index (χ3n) is 6.58. The predicted octanol–water partition coefficient (Wildman–Crippen LogP) is 3.04. The van der Waals surface area contributed by atoms with E-state index in [1.807, 2.05) is 0 Å². The molecule has 0 radical (unpaired) electrons. The van der Waals surface area contributed by atoms with Gasteiger partial charge < -0.3 is 19.7 Å². The Kier molecular flexibility index (Phi) is 5.08. The van der Waals surface area contributed by atoms with E-state index in [-0.39, 0.29) is 24.6 Å². The number of rotatable bonds is 7. The van der Waals surface area contributed by atoms with Crippen LogP contribution in [-0.2, 0) is 19.1 Å². The summed E-state index contributed by atoms with van der Waals surface area (Å²) in [6.45, 7) is 3.96. The lowest BCUT2D eigenvalue weighted by Gasteiger charge is -2.63. The second-order valence-corrected chi connectivity index (χ2v) is 8.67. The molecule has 0 saturated heterocycles. The highest BCUT2D eigenvalue weighted by Crippen LogP contribution is 2.67. The molecule has 26 heavy (non-hydrogen) atoms. The number of carbonyl (C=O) groups is 2. The van der Waals surface area contributed by atoms with Crippen LogP contribution in [0.4, 0.5) is 0 Å². The molecule has 0 aromatic carbocycles. The Labute approximate surface area is 154 Å². The molecule has 4 atom stereocenters. The van der Waals surface area contributed by atoms with Gasteiger partial charge in [-0.2, -0.15) is 0 Å². The van der Waals surface area contributed by atoms with Crippen molar-refractivity contribution in [3.63, 3.8) is 0 Å². The highest BCUT2D eigenvalue weighted by atomic mass is 16.6.